The number of hydrogen-bond acceptors (Lipinski definition) is 3. The quantitative estimate of drug-likeness (QED) is 0.784. The van der Waals surface area contributed by atoms with Gasteiger partial charge in [-0.25, -0.2) is 14.2 Å². The number of benzene rings is 1. The van der Waals surface area contributed by atoms with Crippen LogP contribution in [-0.4, -0.2) is 27.2 Å². The minimum atomic E-state index is -1.14. The Morgan fingerprint density at radius 1 is 1.47 bits per heavy atom. The molecule has 0 radical (unpaired) electrons. The van der Waals surface area contributed by atoms with Crippen molar-refractivity contribution in [3.8, 4) is 0 Å². The van der Waals surface area contributed by atoms with Crippen LogP contribution in [0.4, 0.5) is 10.1 Å². The number of halogens is 1. The maximum absolute atomic E-state index is 13.6. The lowest BCUT2D eigenvalue weighted by molar-refractivity contribution is 0.0697. The van der Waals surface area contributed by atoms with Crippen molar-refractivity contribution in [3.05, 3.63) is 48.3 Å². The van der Waals surface area contributed by atoms with E-state index in [0.717, 1.165) is 13.0 Å². The molecule has 0 aliphatic heterocycles. The van der Waals surface area contributed by atoms with Crippen LogP contribution in [0, 0.1) is 5.82 Å². The maximum atomic E-state index is 13.6. The number of rotatable bonds is 6. The number of para-hydroxylation sites is 1. The predicted octanol–water partition coefficient (Wildman–Crippen LogP) is 2.22. The number of carbonyl (C=O) groups is 1. The lowest BCUT2D eigenvalue weighted by Gasteiger charge is -2.10. The molecule has 0 aliphatic rings. The summed E-state index contributed by atoms with van der Waals surface area (Å²) in [6.45, 7) is 1.23. The number of hydrogen-bond donors (Lipinski definition) is 2. The van der Waals surface area contributed by atoms with E-state index >= 15 is 0 Å². The molecule has 5 nitrogen and oxygen atoms in total. The molecule has 6 heteroatoms. The van der Waals surface area contributed by atoms with Gasteiger partial charge in [0.05, 0.1) is 17.6 Å². The van der Waals surface area contributed by atoms with Gasteiger partial charge in [-0.3, -0.25) is 0 Å². The Bertz CT molecular complexity index is 555. The Hall–Kier alpha value is -2.37. The van der Waals surface area contributed by atoms with Gasteiger partial charge >= 0.3 is 5.97 Å². The summed E-state index contributed by atoms with van der Waals surface area (Å²) in [6.07, 6.45) is 5.97. The van der Waals surface area contributed by atoms with Crippen LogP contribution in [0.15, 0.2) is 36.9 Å². The van der Waals surface area contributed by atoms with E-state index < -0.39 is 11.8 Å². The minimum Gasteiger partial charge on any atom is -0.478 e. The van der Waals surface area contributed by atoms with E-state index in [1.54, 1.807) is 12.5 Å². The third-order valence-corrected chi connectivity index (χ3v) is 2.70. The molecule has 0 spiro atoms. The predicted molar refractivity (Wildman–Crippen MR) is 68.7 cm³/mol. The maximum Gasteiger partial charge on any atom is 0.337 e. The van der Waals surface area contributed by atoms with Crippen molar-refractivity contribution in [2.45, 2.75) is 13.0 Å². The minimum absolute atomic E-state index is 0.0423. The zero-order chi connectivity index (χ0) is 13.7. The van der Waals surface area contributed by atoms with Gasteiger partial charge in [0.15, 0.2) is 0 Å². The number of aryl methyl sites for hydroxylation is 1. The van der Waals surface area contributed by atoms with E-state index in [1.807, 2.05) is 10.8 Å². The second kappa shape index (κ2) is 5.99. The van der Waals surface area contributed by atoms with Crippen molar-refractivity contribution < 1.29 is 14.3 Å². The molecule has 1 aromatic heterocycles. The Kier molecular flexibility index (Phi) is 4.12. The van der Waals surface area contributed by atoms with Gasteiger partial charge in [-0.1, -0.05) is 6.07 Å². The van der Waals surface area contributed by atoms with Crippen molar-refractivity contribution >= 4 is 11.7 Å². The van der Waals surface area contributed by atoms with E-state index in [0.29, 0.717) is 6.54 Å². The van der Waals surface area contributed by atoms with Crippen LogP contribution < -0.4 is 5.32 Å². The molecule has 0 saturated carbocycles. The van der Waals surface area contributed by atoms with E-state index in [4.69, 9.17) is 5.11 Å². The fourth-order valence-electron chi connectivity index (χ4n) is 1.78. The monoisotopic (exact) mass is 263 g/mol. The molecule has 1 aromatic carbocycles. The SMILES string of the molecule is O=C(O)c1cccc(F)c1NCCCn1ccnc1. The highest BCUT2D eigenvalue weighted by Crippen LogP contribution is 2.19. The number of carboxylic acids is 1. The molecule has 0 fully saturated rings. The summed E-state index contributed by atoms with van der Waals surface area (Å²) < 4.78 is 15.5. The number of anilines is 1. The van der Waals surface area contributed by atoms with Crippen LogP contribution in [0.3, 0.4) is 0 Å². The molecule has 0 amide bonds. The summed E-state index contributed by atoms with van der Waals surface area (Å²) in [5, 5.41) is 11.8. The first-order valence-corrected chi connectivity index (χ1v) is 5.90. The molecule has 0 aliphatic carbocycles. The summed E-state index contributed by atoms with van der Waals surface area (Å²) in [6, 6.07) is 4.00. The standard InChI is InChI=1S/C13H14FN3O2/c14-11-4-1-3-10(13(18)19)12(11)16-5-2-7-17-8-6-15-9-17/h1,3-4,6,8-9,16H,2,5,7H2,(H,18,19). The Morgan fingerprint density at radius 3 is 3.00 bits per heavy atom. The third kappa shape index (κ3) is 3.31. The fourth-order valence-corrected chi connectivity index (χ4v) is 1.78. The van der Waals surface area contributed by atoms with Crippen molar-refractivity contribution in [1.82, 2.24) is 9.55 Å². The number of nitrogens with one attached hydrogen (secondary N) is 1. The highest BCUT2D eigenvalue weighted by Gasteiger charge is 2.13. The highest BCUT2D eigenvalue weighted by atomic mass is 19.1. The molecule has 0 saturated heterocycles. The van der Waals surface area contributed by atoms with Crippen molar-refractivity contribution in [2.24, 2.45) is 0 Å². The number of carboxylic acid groups (broad SMARTS) is 1. The Balaban J connectivity index is 1.93. The summed E-state index contributed by atoms with van der Waals surface area (Å²) in [7, 11) is 0. The molecule has 1 heterocycles. The van der Waals surface area contributed by atoms with Crippen molar-refractivity contribution in [2.75, 3.05) is 11.9 Å². The highest BCUT2D eigenvalue weighted by molar-refractivity contribution is 5.94. The van der Waals surface area contributed by atoms with Gasteiger partial charge in [-0.15, -0.1) is 0 Å². The van der Waals surface area contributed by atoms with Crippen LogP contribution in [-0.2, 0) is 6.54 Å². The lowest BCUT2D eigenvalue weighted by Crippen LogP contribution is -2.11. The van der Waals surface area contributed by atoms with Gasteiger partial charge in [0.2, 0.25) is 0 Å². The zero-order valence-electron chi connectivity index (χ0n) is 10.2. The number of aromatic nitrogens is 2. The van der Waals surface area contributed by atoms with Crippen LogP contribution in [0.5, 0.6) is 0 Å². The summed E-state index contributed by atoms with van der Waals surface area (Å²) >= 11 is 0. The average molecular weight is 263 g/mol. The Morgan fingerprint density at radius 2 is 2.32 bits per heavy atom. The van der Waals surface area contributed by atoms with E-state index in [1.165, 1.54) is 18.2 Å². The van der Waals surface area contributed by atoms with Gasteiger partial charge in [0.1, 0.15) is 5.82 Å². The molecule has 2 aromatic rings. The lowest BCUT2D eigenvalue weighted by atomic mass is 10.1. The molecule has 2 rings (SSSR count). The van der Waals surface area contributed by atoms with Crippen LogP contribution in [0.1, 0.15) is 16.8 Å². The Labute approximate surface area is 109 Å². The third-order valence-electron chi connectivity index (χ3n) is 2.70. The number of imidazole rings is 1. The largest absolute Gasteiger partial charge is 0.478 e. The van der Waals surface area contributed by atoms with E-state index in [-0.39, 0.29) is 11.3 Å². The zero-order valence-corrected chi connectivity index (χ0v) is 10.2. The summed E-state index contributed by atoms with van der Waals surface area (Å²) in [5.41, 5.74) is -0.0109. The van der Waals surface area contributed by atoms with E-state index in [2.05, 4.69) is 10.3 Å². The van der Waals surface area contributed by atoms with E-state index in [9.17, 15) is 9.18 Å². The first kappa shape index (κ1) is 13.1. The van der Waals surface area contributed by atoms with Crippen LogP contribution in [0.2, 0.25) is 0 Å². The smallest absolute Gasteiger partial charge is 0.337 e. The van der Waals surface area contributed by atoms with Crippen LogP contribution in [0.25, 0.3) is 0 Å². The summed E-state index contributed by atoms with van der Waals surface area (Å²) in [5.74, 6) is -1.70. The summed E-state index contributed by atoms with van der Waals surface area (Å²) in [4.78, 5) is 14.9. The number of aromatic carboxylic acids is 1. The van der Waals surface area contributed by atoms with Crippen molar-refractivity contribution in [3.63, 3.8) is 0 Å². The van der Waals surface area contributed by atoms with Crippen LogP contribution >= 0.6 is 0 Å². The first-order valence-electron chi connectivity index (χ1n) is 5.90. The molecule has 0 atom stereocenters. The molecular weight excluding hydrogens is 249 g/mol. The average Bonchev–Trinajstić information content (AvgIpc) is 2.88. The van der Waals surface area contributed by atoms with Gasteiger partial charge in [-0.05, 0) is 18.6 Å². The van der Waals surface area contributed by atoms with Gasteiger partial charge in [0.25, 0.3) is 0 Å². The van der Waals surface area contributed by atoms with Crippen molar-refractivity contribution in [1.29, 1.82) is 0 Å². The normalized spacial score (nSPS) is 10.4. The molecule has 2 N–H and O–H groups in total. The molecule has 100 valence electrons. The molecule has 0 bridgehead atoms. The second-order valence-corrected chi connectivity index (χ2v) is 4.05. The molecular formula is C13H14FN3O2. The topological polar surface area (TPSA) is 67.2 Å². The first-order chi connectivity index (χ1) is 9.18. The molecule has 19 heavy (non-hydrogen) atoms. The van der Waals surface area contributed by atoms with Gasteiger partial charge in [-0.2, -0.15) is 0 Å². The number of nitrogens with zero attached hydrogens (tertiary/aromatic N) is 2. The van der Waals surface area contributed by atoms with Gasteiger partial charge < -0.3 is 15.0 Å². The molecule has 0 unspecified atom stereocenters. The second-order valence-electron chi connectivity index (χ2n) is 4.05. The van der Waals surface area contributed by atoms with Gasteiger partial charge in [0, 0.05) is 25.5 Å². The fraction of sp³-hybridized carbons (Fsp3) is 0.231.